The Labute approximate surface area is 121 Å². The molecule has 0 saturated heterocycles. The Hall–Kier alpha value is -0.0800. The van der Waals surface area contributed by atoms with Gasteiger partial charge in [0.25, 0.3) is 0 Å². The number of nitrogens with zero attached hydrogens (tertiary/aromatic N) is 1. The lowest BCUT2D eigenvalue weighted by atomic mass is 9.75. The molecule has 1 rings (SSSR count). The fraction of sp³-hybridized carbons (Fsp3) is 1.00. The molecule has 2 unspecified atom stereocenters. The Morgan fingerprint density at radius 2 is 1.95 bits per heavy atom. The van der Waals surface area contributed by atoms with Crippen LogP contribution in [-0.2, 0) is 0 Å². The fourth-order valence-corrected chi connectivity index (χ4v) is 3.49. The standard InChI is InChI=1S/C17H36N2/c1-6-19(7-2)13-9-10-15(3)18-16-11-8-12-17(4,5)14-16/h15-16,18H,6-14H2,1-5H3. The largest absolute Gasteiger partial charge is 0.311 e. The van der Waals surface area contributed by atoms with E-state index >= 15 is 0 Å². The highest BCUT2D eigenvalue weighted by atomic mass is 15.1. The van der Waals surface area contributed by atoms with Gasteiger partial charge in [0.1, 0.15) is 0 Å². The lowest BCUT2D eigenvalue weighted by molar-refractivity contribution is 0.187. The summed E-state index contributed by atoms with van der Waals surface area (Å²) in [6.07, 6.45) is 8.18. The summed E-state index contributed by atoms with van der Waals surface area (Å²) in [4.78, 5) is 2.52. The quantitative estimate of drug-likeness (QED) is 0.714. The van der Waals surface area contributed by atoms with E-state index in [1.54, 1.807) is 0 Å². The Balaban J connectivity index is 2.18. The van der Waals surface area contributed by atoms with Gasteiger partial charge in [-0.1, -0.05) is 34.1 Å². The molecule has 0 heterocycles. The molecule has 0 radical (unpaired) electrons. The molecule has 0 amide bonds. The number of hydrogen-bond donors (Lipinski definition) is 1. The fourth-order valence-electron chi connectivity index (χ4n) is 3.49. The lowest BCUT2D eigenvalue weighted by Crippen LogP contribution is -2.42. The molecule has 2 atom stereocenters. The van der Waals surface area contributed by atoms with Crippen molar-refractivity contribution in [3.05, 3.63) is 0 Å². The second kappa shape index (κ2) is 8.26. The molecule has 0 aromatic carbocycles. The Morgan fingerprint density at radius 3 is 2.53 bits per heavy atom. The molecule has 1 aliphatic rings. The molecule has 2 heteroatoms. The van der Waals surface area contributed by atoms with Crippen LogP contribution >= 0.6 is 0 Å². The SMILES string of the molecule is CCN(CC)CCCC(C)NC1CCCC(C)(C)C1. The third kappa shape index (κ3) is 6.76. The summed E-state index contributed by atoms with van der Waals surface area (Å²) in [7, 11) is 0. The highest BCUT2D eigenvalue weighted by Gasteiger charge is 2.28. The van der Waals surface area contributed by atoms with Gasteiger partial charge < -0.3 is 10.2 Å². The van der Waals surface area contributed by atoms with Crippen molar-refractivity contribution in [1.29, 1.82) is 0 Å². The van der Waals surface area contributed by atoms with Gasteiger partial charge in [-0.3, -0.25) is 0 Å². The average molecular weight is 268 g/mol. The van der Waals surface area contributed by atoms with E-state index in [0.29, 0.717) is 11.5 Å². The molecular weight excluding hydrogens is 232 g/mol. The first-order valence-corrected chi connectivity index (χ1v) is 8.45. The molecule has 1 aliphatic carbocycles. The molecule has 1 saturated carbocycles. The summed E-state index contributed by atoms with van der Waals surface area (Å²) in [6.45, 7) is 15.4. The Bertz CT molecular complexity index is 233. The van der Waals surface area contributed by atoms with Crippen molar-refractivity contribution in [2.45, 2.75) is 85.2 Å². The number of rotatable bonds is 8. The zero-order valence-corrected chi connectivity index (χ0v) is 14.0. The Morgan fingerprint density at radius 1 is 1.26 bits per heavy atom. The summed E-state index contributed by atoms with van der Waals surface area (Å²) in [6, 6.07) is 1.43. The van der Waals surface area contributed by atoms with Crippen molar-refractivity contribution in [3.63, 3.8) is 0 Å². The van der Waals surface area contributed by atoms with Gasteiger partial charge in [-0.25, -0.2) is 0 Å². The van der Waals surface area contributed by atoms with Crippen molar-refractivity contribution in [2.24, 2.45) is 5.41 Å². The molecule has 0 aromatic rings. The van der Waals surface area contributed by atoms with Crippen LogP contribution in [0.3, 0.4) is 0 Å². The van der Waals surface area contributed by atoms with Crippen LogP contribution in [0.25, 0.3) is 0 Å². The molecule has 0 spiro atoms. The maximum absolute atomic E-state index is 3.87. The van der Waals surface area contributed by atoms with Gasteiger partial charge >= 0.3 is 0 Å². The second-order valence-corrected chi connectivity index (χ2v) is 7.19. The number of nitrogens with one attached hydrogen (secondary N) is 1. The minimum absolute atomic E-state index is 0.552. The molecule has 1 N–H and O–H groups in total. The third-order valence-corrected chi connectivity index (χ3v) is 4.73. The maximum Gasteiger partial charge on any atom is 0.00746 e. The first kappa shape index (κ1) is 17.0. The van der Waals surface area contributed by atoms with E-state index in [4.69, 9.17) is 0 Å². The minimum Gasteiger partial charge on any atom is -0.311 e. The van der Waals surface area contributed by atoms with Crippen LogP contribution in [0.15, 0.2) is 0 Å². The van der Waals surface area contributed by atoms with Crippen LogP contribution in [0.2, 0.25) is 0 Å². The van der Waals surface area contributed by atoms with Crippen molar-refractivity contribution in [2.75, 3.05) is 19.6 Å². The van der Waals surface area contributed by atoms with E-state index in [1.807, 2.05) is 0 Å². The van der Waals surface area contributed by atoms with Crippen LogP contribution in [0.5, 0.6) is 0 Å². The zero-order valence-electron chi connectivity index (χ0n) is 14.0. The normalized spacial score (nSPS) is 24.6. The van der Waals surface area contributed by atoms with Gasteiger partial charge in [-0.05, 0) is 64.1 Å². The minimum atomic E-state index is 0.552. The van der Waals surface area contributed by atoms with Crippen LogP contribution in [0.1, 0.15) is 73.1 Å². The summed E-state index contributed by atoms with van der Waals surface area (Å²) < 4.78 is 0. The van der Waals surface area contributed by atoms with Crippen molar-refractivity contribution in [1.82, 2.24) is 10.2 Å². The second-order valence-electron chi connectivity index (χ2n) is 7.19. The van der Waals surface area contributed by atoms with E-state index in [9.17, 15) is 0 Å². The van der Waals surface area contributed by atoms with E-state index in [0.717, 1.165) is 6.04 Å². The monoisotopic (exact) mass is 268 g/mol. The highest BCUT2D eigenvalue weighted by molar-refractivity contribution is 4.84. The van der Waals surface area contributed by atoms with Gasteiger partial charge in [0.15, 0.2) is 0 Å². The molecule has 0 aromatic heterocycles. The maximum atomic E-state index is 3.87. The van der Waals surface area contributed by atoms with Crippen molar-refractivity contribution >= 4 is 0 Å². The average Bonchev–Trinajstić information content (AvgIpc) is 2.33. The topological polar surface area (TPSA) is 15.3 Å². The molecular formula is C17H36N2. The molecule has 2 nitrogen and oxygen atoms in total. The Kier molecular flexibility index (Phi) is 7.38. The third-order valence-electron chi connectivity index (χ3n) is 4.73. The van der Waals surface area contributed by atoms with Crippen LogP contribution in [0.4, 0.5) is 0 Å². The first-order chi connectivity index (χ1) is 8.96. The van der Waals surface area contributed by atoms with E-state index in [-0.39, 0.29) is 0 Å². The molecule has 0 bridgehead atoms. The van der Waals surface area contributed by atoms with Gasteiger partial charge in [0, 0.05) is 12.1 Å². The molecule has 0 aliphatic heterocycles. The first-order valence-electron chi connectivity index (χ1n) is 8.45. The van der Waals surface area contributed by atoms with Crippen LogP contribution < -0.4 is 5.32 Å². The smallest absolute Gasteiger partial charge is 0.00746 e. The van der Waals surface area contributed by atoms with Gasteiger partial charge in [0.05, 0.1) is 0 Å². The summed E-state index contributed by atoms with van der Waals surface area (Å²) in [5.41, 5.74) is 0.552. The summed E-state index contributed by atoms with van der Waals surface area (Å²) in [5.74, 6) is 0. The summed E-state index contributed by atoms with van der Waals surface area (Å²) >= 11 is 0. The highest BCUT2D eigenvalue weighted by Crippen LogP contribution is 2.35. The predicted molar refractivity (Wildman–Crippen MR) is 85.7 cm³/mol. The van der Waals surface area contributed by atoms with Gasteiger partial charge in [-0.2, -0.15) is 0 Å². The van der Waals surface area contributed by atoms with Crippen molar-refractivity contribution in [3.8, 4) is 0 Å². The summed E-state index contributed by atoms with van der Waals surface area (Å²) in [5, 5.41) is 3.87. The zero-order chi connectivity index (χ0) is 14.3. The molecule has 114 valence electrons. The predicted octanol–water partition coefficient (Wildman–Crippen LogP) is 4.06. The van der Waals surface area contributed by atoms with Gasteiger partial charge in [-0.15, -0.1) is 0 Å². The van der Waals surface area contributed by atoms with Crippen LogP contribution in [0, 0.1) is 5.41 Å². The van der Waals surface area contributed by atoms with Gasteiger partial charge in [0.2, 0.25) is 0 Å². The van der Waals surface area contributed by atoms with Crippen molar-refractivity contribution < 1.29 is 0 Å². The lowest BCUT2D eigenvalue weighted by Gasteiger charge is -2.37. The molecule has 1 fully saturated rings. The van der Waals surface area contributed by atoms with E-state index < -0.39 is 0 Å². The molecule has 19 heavy (non-hydrogen) atoms. The van der Waals surface area contributed by atoms with E-state index in [1.165, 1.54) is 58.2 Å². The van der Waals surface area contributed by atoms with E-state index in [2.05, 4.69) is 44.8 Å². The number of hydrogen-bond acceptors (Lipinski definition) is 2. The van der Waals surface area contributed by atoms with Crippen LogP contribution in [-0.4, -0.2) is 36.6 Å².